The molecule has 4 rings (SSSR count). The third kappa shape index (κ3) is 4.47. The molecule has 1 aliphatic carbocycles. The van der Waals surface area contributed by atoms with E-state index in [-0.39, 0.29) is 28.6 Å². The van der Waals surface area contributed by atoms with Crippen molar-refractivity contribution < 1.29 is 18.0 Å². The lowest BCUT2D eigenvalue weighted by atomic mass is 9.79. The largest absolute Gasteiger partial charge is 0.345 e. The summed E-state index contributed by atoms with van der Waals surface area (Å²) in [4.78, 5) is 26.4. The fraction of sp³-hybridized carbons (Fsp3) is 0.360. The van der Waals surface area contributed by atoms with Crippen LogP contribution in [-0.4, -0.2) is 17.1 Å². The summed E-state index contributed by atoms with van der Waals surface area (Å²) in [6.07, 6.45) is 3.77. The monoisotopic (exact) mass is 457 g/mol. The summed E-state index contributed by atoms with van der Waals surface area (Å²) >= 11 is 0. The predicted octanol–water partition coefficient (Wildman–Crippen LogP) is 4.97. The Balaban J connectivity index is 1.82. The summed E-state index contributed by atoms with van der Waals surface area (Å²) in [5.41, 5.74) is 2.28. The minimum Gasteiger partial charge on any atom is -0.345 e. The van der Waals surface area contributed by atoms with E-state index < -0.39 is 35.8 Å². The molecule has 0 bridgehead atoms. The third-order valence-corrected chi connectivity index (χ3v) is 6.28. The van der Waals surface area contributed by atoms with Gasteiger partial charge in [-0.25, -0.2) is 17.8 Å². The highest BCUT2D eigenvalue weighted by atomic mass is 19.1. The van der Waals surface area contributed by atoms with Gasteiger partial charge in [-0.15, -0.1) is 0 Å². The molecule has 2 N–H and O–H groups in total. The van der Waals surface area contributed by atoms with Gasteiger partial charge in [0.15, 0.2) is 0 Å². The van der Waals surface area contributed by atoms with Crippen LogP contribution in [0.5, 0.6) is 0 Å². The zero-order valence-corrected chi connectivity index (χ0v) is 18.3. The van der Waals surface area contributed by atoms with Gasteiger partial charge in [0.25, 0.3) is 11.5 Å². The molecule has 174 valence electrons. The van der Waals surface area contributed by atoms with Gasteiger partial charge in [-0.1, -0.05) is 43.5 Å². The van der Waals surface area contributed by atoms with Crippen LogP contribution in [0.25, 0.3) is 10.8 Å². The number of rotatable bonds is 8. The molecule has 5 nitrogen and oxygen atoms in total. The van der Waals surface area contributed by atoms with Crippen LogP contribution in [-0.2, 0) is 6.67 Å². The van der Waals surface area contributed by atoms with Crippen LogP contribution in [0.2, 0.25) is 0 Å². The van der Waals surface area contributed by atoms with Crippen molar-refractivity contribution in [2.45, 2.75) is 45.3 Å². The average molecular weight is 457 g/mol. The Labute approximate surface area is 189 Å². The first-order valence-corrected chi connectivity index (χ1v) is 11.2. The molecule has 0 aliphatic heterocycles. The summed E-state index contributed by atoms with van der Waals surface area (Å²) in [7, 11) is 0. The Morgan fingerprint density at radius 1 is 1.18 bits per heavy atom. The fourth-order valence-corrected chi connectivity index (χ4v) is 4.45. The number of fused-ring (bicyclic) bond motifs is 1. The van der Waals surface area contributed by atoms with Gasteiger partial charge in [0.1, 0.15) is 18.3 Å². The lowest BCUT2D eigenvalue weighted by Gasteiger charge is -2.31. The Morgan fingerprint density at radius 2 is 1.94 bits per heavy atom. The summed E-state index contributed by atoms with van der Waals surface area (Å²) in [5.74, 6) is -1.46. The molecule has 3 aromatic rings. The zero-order chi connectivity index (χ0) is 23.5. The second kappa shape index (κ2) is 9.68. The Bertz CT molecular complexity index is 1240. The molecule has 1 atom stereocenters. The van der Waals surface area contributed by atoms with Gasteiger partial charge in [0, 0.05) is 11.9 Å². The normalized spacial score (nSPS) is 14.7. The smallest absolute Gasteiger partial charge is 0.280 e. The first-order valence-electron chi connectivity index (χ1n) is 11.2. The van der Waals surface area contributed by atoms with E-state index in [1.165, 1.54) is 24.3 Å². The molecule has 0 radical (unpaired) electrons. The minimum atomic E-state index is -1.11. The van der Waals surface area contributed by atoms with Crippen molar-refractivity contribution in [3.8, 4) is 0 Å². The van der Waals surface area contributed by atoms with Crippen molar-refractivity contribution in [3.63, 3.8) is 0 Å². The van der Waals surface area contributed by atoms with Crippen LogP contribution in [0.4, 0.5) is 13.2 Å². The van der Waals surface area contributed by atoms with E-state index in [0.29, 0.717) is 17.9 Å². The van der Waals surface area contributed by atoms with E-state index in [9.17, 15) is 22.8 Å². The highest BCUT2D eigenvalue weighted by Crippen LogP contribution is 2.35. The van der Waals surface area contributed by atoms with Gasteiger partial charge in [0.2, 0.25) is 0 Å². The minimum absolute atomic E-state index is 0.0425. The number of aromatic nitrogens is 1. The molecule has 2 aromatic carbocycles. The van der Waals surface area contributed by atoms with Gasteiger partial charge in [-0.2, -0.15) is 0 Å². The van der Waals surface area contributed by atoms with E-state index in [1.54, 1.807) is 19.1 Å². The van der Waals surface area contributed by atoms with Crippen LogP contribution in [0.15, 0.2) is 47.3 Å². The topological polar surface area (TPSA) is 63.1 Å². The van der Waals surface area contributed by atoms with Gasteiger partial charge >= 0.3 is 0 Å². The number of amides is 1. The van der Waals surface area contributed by atoms with Crippen LogP contribution in [0.3, 0.4) is 0 Å². The highest BCUT2D eigenvalue weighted by molar-refractivity contribution is 6.08. The number of halogens is 3. The highest BCUT2D eigenvalue weighted by Gasteiger charge is 2.28. The maximum Gasteiger partial charge on any atom is 0.280 e. The number of nitrogens with zero attached hydrogens (tertiary/aromatic N) is 1. The van der Waals surface area contributed by atoms with Crippen molar-refractivity contribution in [2.24, 2.45) is 5.92 Å². The second-order valence-corrected chi connectivity index (χ2v) is 8.38. The van der Waals surface area contributed by atoms with E-state index in [2.05, 4.69) is 10.7 Å². The number of benzene rings is 2. The third-order valence-electron chi connectivity index (χ3n) is 6.28. The zero-order valence-electron chi connectivity index (χ0n) is 18.3. The molecule has 0 saturated heterocycles. The maximum atomic E-state index is 14.6. The van der Waals surface area contributed by atoms with E-state index in [4.69, 9.17) is 0 Å². The summed E-state index contributed by atoms with van der Waals surface area (Å²) in [6, 6.07) is 9.46. The molecule has 33 heavy (non-hydrogen) atoms. The number of carbonyl (C=O) groups is 1. The Kier molecular flexibility index (Phi) is 6.72. The molecule has 1 aromatic heterocycles. The van der Waals surface area contributed by atoms with Crippen LogP contribution in [0, 0.1) is 17.6 Å². The Morgan fingerprint density at radius 3 is 2.58 bits per heavy atom. The van der Waals surface area contributed by atoms with Crippen molar-refractivity contribution in [3.05, 3.63) is 81.3 Å². The standard InChI is InChI=1S/C25H26F3N3O2/c1-2-29-31-21(14-26)23(18-10-5-11-19(28)22(18)25(31)33)24(32)30-20(12-15-6-3-7-15)16-8-4-9-17(27)13-16/h4-5,8-11,13,15,20,29H,2-3,6-7,12,14H2,1H3,(H,30,32). The molecular formula is C25H26F3N3O2. The number of alkyl halides is 1. The predicted molar refractivity (Wildman–Crippen MR) is 121 cm³/mol. The summed E-state index contributed by atoms with van der Waals surface area (Å²) in [5, 5.41) is 2.67. The SMILES string of the molecule is CCNn1c(CF)c(C(=O)NC(CC2CCC2)c2cccc(F)c2)c2cccc(F)c2c1=O. The van der Waals surface area contributed by atoms with Gasteiger partial charge in [-0.05, 0) is 43.0 Å². The van der Waals surface area contributed by atoms with Gasteiger partial charge < -0.3 is 10.7 Å². The Hall–Kier alpha value is -3.29. The molecule has 1 fully saturated rings. The maximum absolute atomic E-state index is 14.6. The summed E-state index contributed by atoms with van der Waals surface area (Å²) in [6.45, 7) is 0.866. The van der Waals surface area contributed by atoms with Crippen molar-refractivity contribution in [1.82, 2.24) is 9.99 Å². The quantitative estimate of drug-likeness (QED) is 0.502. The molecule has 8 heteroatoms. The van der Waals surface area contributed by atoms with Crippen molar-refractivity contribution in [1.29, 1.82) is 0 Å². The number of hydrogen-bond acceptors (Lipinski definition) is 3. The van der Waals surface area contributed by atoms with Crippen molar-refractivity contribution >= 4 is 16.7 Å². The van der Waals surface area contributed by atoms with E-state index in [0.717, 1.165) is 30.0 Å². The first kappa shape index (κ1) is 22.9. The van der Waals surface area contributed by atoms with E-state index in [1.807, 2.05) is 0 Å². The van der Waals surface area contributed by atoms with Crippen molar-refractivity contribution in [2.75, 3.05) is 12.0 Å². The van der Waals surface area contributed by atoms with Crippen LogP contribution in [0.1, 0.15) is 60.3 Å². The molecule has 0 spiro atoms. The van der Waals surface area contributed by atoms with Gasteiger partial charge in [0.05, 0.1) is 22.7 Å². The number of hydrogen-bond donors (Lipinski definition) is 2. The lowest BCUT2D eigenvalue weighted by Crippen LogP contribution is -2.37. The lowest BCUT2D eigenvalue weighted by molar-refractivity contribution is 0.0924. The molecule has 1 saturated carbocycles. The first-order chi connectivity index (χ1) is 15.9. The number of pyridine rings is 1. The average Bonchev–Trinajstić information content (AvgIpc) is 2.76. The number of nitrogens with one attached hydrogen (secondary N) is 2. The second-order valence-electron chi connectivity index (χ2n) is 8.38. The number of carbonyl (C=O) groups excluding carboxylic acids is 1. The molecular weight excluding hydrogens is 431 g/mol. The van der Waals surface area contributed by atoms with E-state index >= 15 is 0 Å². The fourth-order valence-electron chi connectivity index (χ4n) is 4.45. The molecule has 1 amide bonds. The molecule has 1 unspecified atom stereocenters. The molecule has 1 heterocycles. The van der Waals surface area contributed by atoms with Crippen LogP contribution >= 0.6 is 0 Å². The van der Waals surface area contributed by atoms with Gasteiger partial charge in [-0.3, -0.25) is 9.59 Å². The van der Waals surface area contributed by atoms with Crippen LogP contribution < -0.4 is 16.3 Å². The summed E-state index contributed by atoms with van der Waals surface area (Å²) < 4.78 is 43.7. The molecule has 1 aliphatic rings.